The molecule has 0 spiro atoms. The van der Waals surface area contributed by atoms with Crippen LogP contribution in [0.1, 0.15) is 58.8 Å². The van der Waals surface area contributed by atoms with E-state index in [2.05, 4.69) is 19.2 Å². The van der Waals surface area contributed by atoms with Crippen molar-refractivity contribution in [2.24, 2.45) is 0 Å². The molecule has 2 atom stereocenters. The first-order valence-electron chi connectivity index (χ1n) is 6.68. The van der Waals surface area contributed by atoms with Crippen molar-refractivity contribution in [1.29, 1.82) is 0 Å². The Morgan fingerprint density at radius 3 is 2.93 bits per heavy atom. The summed E-state index contributed by atoms with van der Waals surface area (Å²) in [5, 5.41) is 3.59. The SMILES string of the molecule is CCCCC(C)NCCCC1CCCO1. The van der Waals surface area contributed by atoms with E-state index < -0.39 is 0 Å². The third-order valence-corrected chi connectivity index (χ3v) is 3.21. The highest BCUT2D eigenvalue weighted by atomic mass is 16.5. The maximum atomic E-state index is 5.60. The molecule has 2 heteroatoms. The maximum absolute atomic E-state index is 5.60. The third kappa shape index (κ3) is 6.16. The van der Waals surface area contributed by atoms with Gasteiger partial charge in [0, 0.05) is 12.6 Å². The molecule has 1 N–H and O–H groups in total. The van der Waals surface area contributed by atoms with Crippen LogP contribution in [0.25, 0.3) is 0 Å². The van der Waals surface area contributed by atoms with Crippen molar-refractivity contribution in [3.8, 4) is 0 Å². The van der Waals surface area contributed by atoms with E-state index in [1.807, 2.05) is 0 Å². The van der Waals surface area contributed by atoms with Crippen LogP contribution in [0.4, 0.5) is 0 Å². The Morgan fingerprint density at radius 1 is 1.40 bits per heavy atom. The van der Waals surface area contributed by atoms with Gasteiger partial charge in [0.15, 0.2) is 0 Å². The summed E-state index contributed by atoms with van der Waals surface area (Å²) in [6.07, 6.45) is 9.60. The van der Waals surface area contributed by atoms with Crippen LogP contribution in [-0.2, 0) is 4.74 Å². The van der Waals surface area contributed by atoms with Gasteiger partial charge in [-0.05, 0) is 45.6 Å². The number of hydrogen-bond donors (Lipinski definition) is 1. The summed E-state index contributed by atoms with van der Waals surface area (Å²) in [4.78, 5) is 0. The topological polar surface area (TPSA) is 21.3 Å². The summed E-state index contributed by atoms with van der Waals surface area (Å²) in [5.41, 5.74) is 0. The fraction of sp³-hybridized carbons (Fsp3) is 1.00. The van der Waals surface area contributed by atoms with Gasteiger partial charge in [-0.25, -0.2) is 0 Å². The highest BCUT2D eigenvalue weighted by Gasteiger charge is 2.14. The van der Waals surface area contributed by atoms with Crippen molar-refractivity contribution >= 4 is 0 Å². The van der Waals surface area contributed by atoms with Crippen LogP contribution in [0.3, 0.4) is 0 Å². The van der Waals surface area contributed by atoms with Crippen LogP contribution in [0.2, 0.25) is 0 Å². The maximum Gasteiger partial charge on any atom is 0.0576 e. The predicted octanol–water partition coefficient (Wildman–Crippen LogP) is 3.11. The van der Waals surface area contributed by atoms with Crippen LogP contribution in [0.15, 0.2) is 0 Å². The zero-order valence-electron chi connectivity index (χ0n) is 10.4. The first kappa shape index (κ1) is 13.0. The van der Waals surface area contributed by atoms with Crippen molar-refractivity contribution in [3.05, 3.63) is 0 Å². The highest BCUT2D eigenvalue weighted by molar-refractivity contribution is 4.66. The molecule has 1 fully saturated rings. The number of rotatable bonds is 8. The molecule has 2 nitrogen and oxygen atoms in total. The predicted molar refractivity (Wildman–Crippen MR) is 65.2 cm³/mol. The van der Waals surface area contributed by atoms with Crippen molar-refractivity contribution < 1.29 is 4.74 Å². The van der Waals surface area contributed by atoms with Gasteiger partial charge in [0.2, 0.25) is 0 Å². The van der Waals surface area contributed by atoms with Crippen LogP contribution in [0.5, 0.6) is 0 Å². The van der Waals surface area contributed by atoms with E-state index in [1.165, 1.54) is 44.9 Å². The number of nitrogens with one attached hydrogen (secondary N) is 1. The standard InChI is InChI=1S/C13H27NO/c1-3-4-7-12(2)14-10-5-8-13-9-6-11-15-13/h12-14H,3-11H2,1-2H3. The van der Waals surface area contributed by atoms with Crippen molar-refractivity contribution in [1.82, 2.24) is 5.32 Å². The van der Waals surface area contributed by atoms with Crippen molar-refractivity contribution in [2.45, 2.75) is 70.9 Å². The van der Waals surface area contributed by atoms with E-state index in [0.717, 1.165) is 13.2 Å². The average Bonchev–Trinajstić information content (AvgIpc) is 2.74. The van der Waals surface area contributed by atoms with Crippen LogP contribution >= 0.6 is 0 Å². The third-order valence-electron chi connectivity index (χ3n) is 3.21. The second-order valence-corrected chi connectivity index (χ2v) is 4.77. The summed E-state index contributed by atoms with van der Waals surface area (Å²) in [7, 11) is 0. The zero-order chi connectivity index (χ0) is 10.9. The van der Waals surface area contributed by atoms with Crippen LogP contribution in [0, 0.1) is 0 Å². The Labute approximate surface area is 94.8 Å². The molecule has 2 unspecified atom stereocenters. The molecular weight excluding hydrogens is 186 g/mol. The number of unbranched alkanes of at least 4 members (excludes halogenated alkanes) is 1. The van der Waals surface area contributed by atoms with E-state index in [-0.39, 0.29) is 0 Å². The van der Waals surface area contributed by atoms with E-state index in [4.69, 9.17) is 4.74 Å². The van der Waals surface area contributed by atoms with E-state index in [0.29, 0.717) is 12.1 Å². The minimum atomic E-state index is 0.567. The van der Waals surface area contributed by atoms with Gasteiger partial charge in [-0.2, -0.15) is 0 Å². The van der Waals surface area contributed by atoms with Gasteiger partial charge in [0.1, 0.15) is 0 Å². The van der Waals surface area contributed by atoms with Crippen molar-refractivity contribution in [2.75, 3.05) is 13.2 Å². The zero-order valence-corrected chi connectivity index (χ0v) is 10.4. The first-order chi connectivity index (χ1) is 7.33. The van der Waals surface area contributed by atoms with Gasteiger partial charge in [0.05, 0.1) is 6.10 Å². The normalized spacial score (nSPS) is 23.2. The summed E-state index contributed by atoms with van der Waals surface area (Å²) in [6.45, 7) is 6.70. The smallest absolute Gasteiger partial charge is 0.0576 e. The molecule has 0 aliphatic carbocycles. The molecule has 15 heavy (non-hydrogen) atoms. The van der Waals surface area contributed by atoms with Crippen molar-refractivity contribution in [3.63, 3.8) is 0 Å². The van der Waals surface area contributed by atoms with Gasteiger partial charge in [-0.1, -0.05) is 19.8 Å². The molecule has 1 aliphatic heterocycles. The van der Waals surface area contributed by atoms with Gasteiger partial charge < -0.3 is 10.1 Å². The molecule has 1 aliphatic rings. The lowest BCUT2D eigenvalue weighted by molar-refractivity contribution is 0.102. The molecule has 0 aromatic heterocycles. The second-order valence-electron chi connectivity index (χ2n) is 4.77. The second kappa shape index (κ2) is 8.12. The first-order valence-corrected chi connectivity index (χ1v) is 6.68. The largest absolute Gasteiger partial charge is 0.378 e. The molecule has 0 aromatic rings. The Kier molecular flexibility index (Phi) is 7.03. The van der Waals surface area contributed by atoms with Crippen LogP contribution in [-0.4, -0.2) is 25.3 Å². The minimum absolute atomic E-state index is 0.567. The molecule has 0 amide bonds. The summed E-state index contributed by atoms with van der Waals surface area (Å²) < 4.78 is 5.60. The molecule has 0 bridgehead atoms. The molecule has 90 valence electrons. The Hall–Kier alpha value is -0.0800. The van der Waals surface area contributed by atoms with E-state index in [1.54, 1.807) is 0 Å². The highest BCUT2D eigenvalue weighted by Crippen LogP contribution is 2.16. The Morgan fingerprint density at radius 2 is 2.27 bits per heavy atom. The molecule has 1 rings (SSSR count). The lowest BCUT2D eigenvalue weighted by Crippen LogP contribution is -2.27. The Bertz CT molecular complexity index is 143. The molecule has 0 radical (unpaired) electrons. The van der Waals surface area contributed by atoms with Crippen LogP contribution < -0.4 is 5.32 Å². The van der Waals surface area contributed by atoms with Gasteiger partial charge in [-0.3, -0.25) is 0 Å². The molecule has 0 aromatic carbocycles. The van der Waals surface area contributed by atoms with Gasteiger partial charge >= 0.3 is 0 Å². The van der Waals surface area contributed by atoms with Gasteiger partial charge in [-0.15, -0.1) is 0 Å². The quantitative estimate of drug-likeness (QED) is 0.626. The summed E-state index contributed by atoms with van der Waals surface area (Å²) in [6, 6.07) is 0.689. The molecule has 1 heterocycles. The van der Waals surface area contributed by atoms with E-state index in [9.17, 15) is 0 Å². The fourth-order valence-electron chi connectivity index (χ4n) is 2.16. The summed E-state index contributed by atoms with van der Waals surface area (Å²) >= 11 is 0. The Balaban J connectivity index is 1.87. The average molecular weight is 213 g/mol. The van der Waals surface area contributed by atoms with Gasteiger partial charge in [0.25, 0.3) is 0 Å². The number of hydrogen-bond acceptors (Lipinski definition) is 2. The molecule has 0 saturated carbocycles. The summed E-state index contributed by atoms with van der Waals surface area (Å²) in [5.74, 6) is 0. The minimum Gasteiger partial charge on any atom is -0.378 e. The monoisotopic (exact) mass is 213 g/mol. The van der Waals surface area contributed by atoms with E-state index >= 15 is 0 Å². The number of ether oxygens (including phenoxy) is 1. The molecule has 1 saturated heterocycles. The fourth-order valence-corrected chi connectivity index (χ4v) is 2.16. The lowest BCUT2D eigenvalue weighted by atomic mass is 10.1. The lowest BCUT2D eigenvalue weighted by Gasteiger charge is -2.14. The molecular formula is C13H27NO.